The van der Waals surface area contributed by atoms with Crippen molar-refractivity contribution >= 4 is 33.7 Å². The molecule has 2 aromatic heterocycles. The van der Waals surface area contributed by atoms with Crippen molar-refractivity contribution < 1.29 is 4.79 Å². The van der Waals surface area contributed by atoms with E-state index in [9.17, 15) is 4.79 Å². The molecule has 146 valence electrons. The predicted molar refractivity (Wildman–Crippen MR) is 111 cm³/mol. The van der Waals surface area contributed by atoms with Gasteiger partial charge in [0.2, 0.25) is 11.0 Å². The summed E-state index contributed by atoms with van der Waals surface area (Å²) in [5.74, 6) is 0.0839. The summed E-state index contributed by atoms with van der Waals surface area (Å²) < 4.78 is 0. The monoisotopic (exact) mass is 405 g/mol. The van der Waals surface area contributed by atoms with Crippen LogP contribution in [-0.2, 0) is 17.8 Å². The highest BCUT2D eigenvalue weighted by molar-refractivity contribution is 7.15. The van der Waals surface area contributed by atoms with Gasteiger partial charge in [0.1, 0.15) is 5.01 Å². The lowest BCUT2D eigenvalue weighted by Gasteiger charge is -2.34. The second-order valence-electron chi connectivity index (χ2n) is 7.48. The van der Waals surface area contributed by atoms with Crippen LogP contribution in [0.25, 0.3) is 0 Å². The Hall–Kier alpha value is -1.51. The molecule has 0 spiro atoms. The van der Waals surface area contributed by atoms with E-state index in [4.69, 9.17) is 0 Å². The molecule has 1 aliphatic heterocycles. The first kappa shape index (κ1) is 18.8. The van der Waals surface area contributed by atoms with Gasteiger partial charge in [0.05, 0.1) is 6.42 Å². The minimum Gasteiger partial charge on any atom is -0.353 e. The lowest BCUT2D eigenvalue weighted by molar-refractivity contribution is -0.121. The molecule has 0 aromatic carbocycles. The lowest BCUT2D eigenvalue weighted by Crippen LogP contribution is -2.45. The largest absolute Gasteiger partial charge is 0.353 e. The molecule has 3 heterocycles. The van der Waals surface area contributed by atoms with Crippen LogP contribution in [0.1, 0.15) is 40.4 Å². The van der Waals surface area contributed by atoms with Crippen molar-refractivity contribution in [2.75, 3.05) is 31.1 Å². The molecule has 2 aromatic rings. The van der Waals surface area contributed by atoms with Crippen LogP contribution in [0.4, 0.5) is 5.13 Å². The highest BCUT2D eigenvalue weighted by atomic mass is 32.1. The number of hydrogen-bond donors (Lipinski definition) is 1. The summed E-state index contributed by atoms with van der Waals surface area (Å²) in [6.45, 7) is 7.20. The normalized spacial score (nSPS) is 18.9. The third kappa shape index (κ3) is 5.06. The third-order valence-electron chi connectivity index (χ3n) is 5.31. The van der Waals surface area contributed by atoms with E-state index in [-0.39, 0.29) is 5.91 Å². The Bertz CT molecular complexity index is 760. The summed E-state index contributed by atoms with van der Waals surface area (Å²) in [4.78, 5) is 19.8. The van der Waals surface area contributed by atoms with E-state index in [1.165, 1.54) is 22.6 Å². The van der Waals surface area contributed by atoms with Gasteiger partial charge in [-0.15, -0.1) is 21.5 Å². The number of aromatic nitrogens is 2. The van der Waals surface area contributed by atoms with Crippen molar-refractivity contribution in [2.45, 2.75) is 51.6 Å². The third-order valence-corrected chi connectivity index (χ3v) is 7.28. The van der Waals surface area contributed by atoms with Gasteiger partial charge in [-0.3, -0.25) is 9.69 Å². The van der Waals surface area contributed by atoms with Crippen LogP contribution >= 0.6 is 22.7 Å². The number of piperazine rings is 1. The van der Waals surface area contributed by atoms with Crippen LogP contribution in [0.5, 0.6) is 0 Å². The fraction of sp³-hybridized carbons (Fsp3) is 0.632. The minimum absolute atomic E-state index is 0.0839. The van der Waals surface area contributed by atoms with Gasteiger partial charge in [-0.2, -0.15) is 0 Å². The Kier molecular flexibility index (Phi) is 6.04. The van der Waals surface area contributed by atoms with E-state index in [0.717, 1.165) is 55.7 Å². The maximum atomic E-state index is 12.2. The summed E-state index contributed by atoms with van der Waals surface area (Å²) in [5.41, 5.74) is 0. The van der Waals surface area contributed by atoms with Gasteiger partial charge >= 0.3 is 0 Å². The molecule has 0 unspecified atom stereocenters. The van der Waals surface area contributed by atoms with Gasteiger partial charge in [0, 0.05) is 48.5 Å². The molecule has 2 fully saturated rings. The van der Waals surface area contributed by atoms with Crippen LogP contribution < -0.4 is 10.2 Å². The number of nitrogens with one attached hydrogen (secondary N) is 1. The van der Waals surface area contributed by atoms with E-state index in [1.54, 1.807) is 11.3 Å². The highest BCUT2D eigenvalue weighted by Crippen LogP contribution is 2.24. The number of rotatable bonds is 6. The van der Waals surface area contributed by atoms with Crippen LogP contribution in [0, 0.1) is 6.92 Å². The zero-order chi connectivity index (χ0) is 18.6. The van der Waals surface area contributed by atoms with E-state index in [1.807, 2.05) is 11.3 Å². The van der Waals surface area contributed by atoms with Gasteiger partial charge < -0.3 is 10.2 Å². The van der Waals surface area contributed by atoms with E-state index in [0.29, 0.717) is 12.5 Å². The Morgan fingerprint density at radius 2 is 1.93 bits per heavy atom. The molecule has 0 atom stereocenters. The number of carbonyl (C=O) groups excluding carboxylic acids is 1. The second-order valence-corrected chi connectivity index (χ2v) is 9.89. The molecule has 27 heavy (non-hydrogen) atoms. The minimum atomic E-state index is 0.0839. The fourth-order valence-electron chi connectivity index (χ4n) is 3.82. The molecule has 1 amide bonds. The first-order valence-corrected chi connectivity index (χ1v) is 11.4. The Balaban J connectivity index is 1.24. The number of amides is 1. The summed E-state index contributed by atoms with van der Waals surface area (Å²) in [6.07, 6.45) is 5.04. The van der Waals surface area contributed by atoms with Gasteiger partial charge in [0.15, 0.2) is 0 Å². The standard InChI is InChI=1S/C19H27N5OS2/c1-14-6-7-16(26-14)13-23-8-10-24(11-9-23)19-22-21-18(27-19)12-17(25)20-15-4-2-3-5-15/h6-7,15H,2-5,8-13H2,1H3,(H,20,25). The molecule has 1 aliphatic carbocycles. The van der Waals surface area contributed by atoms with Crippen LogP contribution in [0.15, 0.2) is 12.1 Å². The number of thiophene rings is 1. The maximum absolute atomic E-state index is 12.2. The van der Waals surface area contributed by atoms with Gasteiger partial charge in [-0.25, -0.2) is 0 Å². The molecule has 2 aliphatic rings. The van der Waals surface area contributed by atoms with Crippen molar-refractivity contribution in [2.24, 2.45) is 0 Å². The highest BCUT2D eigenvalue weighted by Gasteiger charge is 2.22. The lowest BCUT2D eigenvalue weighted by atomic mass is 10.2. The molecule has 6 nitrogen and oxygen atoms in total. The van der Waals surface area contributed by atoms with Crippen molar-refractivity contribution in [1.82, 2.24) is 20.4 Å². The van der Waals surface area contributed by atoms with Crippen LogP contribution in [0.3, 0.4) is 0 Å². The fourth-order valence-corrected chi connectivity index (χ4v) is 5.64. The average molecular weight is 406 g/mol. The maximum Gasteiger partial charge on any atom is 0.227 e. The Morgan fingerprint density at radius 1 is 1.15 bits per heavy atom. The zero-order valence-corrected chi connectivity index (χ0v) is 17.4. The Morgan fingerprint density at radius 3 is 2.63 bits per heavy atom. The molecular weight excluding hydrogens is 378 g/mol. The molecule has 1 N–H and O–H groups in total. The smallest absolute Gasteiger partial charge is 0.227 e. The second kappa shape index (κ2) is 8.67. The Labute approximate surface area is 168 Å². The number of anilines is 1. The predicted octanol–water partition coefficient (Wildman–Crippen LogP) is 2.83. The molecular formula is C19H27N5OS2. The summed E-state index contributed by atoms with van der Waals surface area (Å²) in [5, 5.41) is 13.5. The summed E-state index contributed by atoms with van der Waals surface area (Å²) >= 11 is 3.45. The summed E-state index contributed by atoms with van der Waals surface area (Å²) in [7, 11) is 0. The average Bonchev–Trinajstić information content (AvgIpc) is 3.39. The number of carbonyl (C=O) groups is 1. The zero-order valence-electron chi connectivity index (χ0n) is 15.8. The molecule has 0 radical (unpaired) electrons. The van der Waals surface area contributed by atoms with Gasteiger partial charge in [-0.1, -0.05) is 24.2 Å². The van der Waals surface area contributed by atoms with Crippen molar-refractivity contribution in [3.63, 3.8) is 0 Å². The molecule has 4 rings (SSSR count). The van der Waals surface area contributed by atoms with Crippen LogP contribution in [-0.4, -0.2) is 53.2 Å². The first-order valence-electron chi connectivity index (χ1n) is 9.80. The molecule has 8 heteroatoms. The first-order chi connectivity index (χ1) is 13.2. The molecule has 1 saturated heterocycles. The summed E-state index contributed by atoms with van der Waals surface area (Å²) in [6, 6.07) is 4.80. The topological polar surface area (TPSA) is 61.4 Å². The molecule has 1 saturated carbocycles. The quantitative estimate of drug-likeness (QED) is 0.801. The van der Waals surface area contributed by atoms with E-state index < -0.39 is 0 Å². The number of aryl methyl sites for hydroxylation is 1. The van der Waals surface area contributed by atoms with Crippen LogP contribution in [0.2, 0.25) is 0 Å². The molecule has 0 bridgehead atoms. The van der Waals surface area contributed by atoms with E-state index >= 15 is 0 Å². The van der Waals surface area contributed by atoms with E-state index in [2.05, 4.69) is 44.4 Å². The number of hydrogen-bond acceptors (Lipinski definition) is 7. The number of nitrogens with zero attached hydrogens (tertiary/aromatic N) is 4. The van der Waals surface area contributed by atoms with Crippen molar-refractivity contribution in [3.05, 3.63) is 26.9 Å². The van der Waals surface area contributed by atoms with Crippen molar-refractivity contribution in [1.29, 1.82) is 0 Å². The van der Waals surface area contributed by atoms with Gasteiger partial charge in [-0.05, 0) is 31.9 Å². The SMILES string of the molecule is Cc1ccc(CN2CCN(c3nnc(CC(=O)NC4CCCC4)s3)CC2)s1. The van der Waals surface area contributed by atoms with Crippen molar-refractivity contribution in [3.8, 4) is 0 Å². The van der Waals surface area contributed by atoms with Gasteiger partial charge in [0.25, 0.3) is 0 Å².